The minimum atomic E-state index is -0.116. The fourth-order valence-electron chi connectivity index (χ4n) is 3.24. The smallest absolute Gasteiger partial charge is 0.293 e. The average Bonchev–Trinajstić information content (AvgIpc) is 2.99. The third-order valence-electron chi connectivity index (χ3n) is 4.54. The molecule has 0 saturated carbocycles. The second-order valence-corrected chi connectivity index (χ2v) is 6.44. The summed E-state index contributed by atoms with van der Waals surface area (Å²) in [7, 11) is 3.53. The van der Waals surface area contributed by atoms with E-state index in [4.69, 9.17) is 0 Å². The van der Waals surface area contributed by atoms with E-state index in [2.05, 4.69) is 15.4 Å². The van der Waals surface area contributed by atoms with E-state index >= 15 is 0 Å². The number of nitrogens with one attached hydrogen (secondary N) is 1. The van der Waals surface area contributed by atoms with E-state index in [9.17, 15) is 9.59 Å². The zero-order chi connectivity index (χ0) is 18.0. The van der Waals surface area contributed by atoms with Crippen molar-refractivity contribution in [3.8, 4) is 0 Å². The zero-order valence-corrected chi connectivity index (χ0v) is 14.9. The van der Waals surface area contributed by atoms with Gasteiger partial charge in [0.2, 0.25) is 0 Å². The lowest BCUT2D eigenvalue weighted by atomic mass is 10.0. The lowest BCUT2D eigenvalue weighted by Gasteiger charge is -2.33. The van der Waals surface area contributed by atoms with Gasteiger partial charge in [-0.15, -0.1) is 0 Å². The normalized spacial score (nSPS) is 17.6. The van der Waals surface area contributed by atoms with Crippen LogP contribution in [0.15, 0.2) is 23.4 Å². The molecule has 8 heteroatoms. The molecule has 1 atom stereocenters. The van der Waals surface area contributed by atoms with Crippen LogP contribution in [0.2, 0.25) is 0 Å². The first-order chi connectivity index (χ1) is 12.0. The van der Waals surface area contributed by atoms with Gasteiger partial charge < -0.3 is 14.8 Å². The summed E-state index contributed by atoms with van der Waals surface area (Å²) < 4.78 is 3.19. The first-order valence-corrected chi connectivity index (χ1v) is 8.59. The van der Waals surface area contributed by atoms with Crippen molar-refractivity contribution < 1.29 is 4.79 Å². The molecule has 134 valence electrons. The van der Waals surface area contributed by atoms with Gasteiger partial charge in [-0.1, -0.05) is 6.92 Å². The standard InChI is InChI=1S/C17H24N6O2/c1-4-14-13(11-22(3)20-14)16(24)19-12-6-5-8-23(10-12)15-17(25)21(2)9-7-18-15/h7,9,11-12H,4-6,8,10H2,1-3H3,(H,19,24). The van der Waals surface area contributed by atoms with Crippen LogP contribution >= 0.6 is 0 Å². The number of anilines is 1. The largest absolute Gasteiger partial charge is 0.350 e. The van der Waals surface area contributed by atoms with Crippen LogP contribution in [-0.2, 0) is 20.5 Å². The average molecular weight is 344 g/mol. The van der Waals surface area contributed by atoms with Crippen LogP contribution in [0.25, 0.3) is 0 Å². The topological polar surface area (TPSA) is 85.1 Å². The molecule has 8 nitrogen and oxygen atoms in total. The molecule has 1 saturated heterocycles. The van der Waals surface area contributed by atoms with E-state index in [1.807, 2.05) is 18.9 Å². The van der Waals surface area contributed by atoms with Crippen molar-refractivity contribution >= 4 is 11.7 Å². The molecule has 2 aromatic rings. The number of nitrogens with zero attached hydrogens (tertiary/aromatic N) is 5. The number of aryl methyl sites for hydroxylation is 3. The molecule has 1 fully saturated rings. The molecule has 0 bridgehead atoms. The van der Waals surface area contributed by atoms with Crippen molar-refractivity contribution in [3.63, 3.8) is 0 Å². The molecule has 3 rings (SSSR count). The molecular formula is C17H24N6O2. The second-order valence-electron chi connectivity index (χ2n) is 6.44. The number of amides is 1. The highest BCUT2D eigenvalue weighted by atomic mass is 16.2. The Morgan fingerprint density at radius 2 is 2.20 bits per heavy atom. The van der Waals surface area contributed by atoms with Gasteiger partial charge in [-0.25, -0.2) is 4.98 Å². The van der Waals surface area contributed by atoms with Crippen LogP contribution in [0.3, 0.4) is 0 Å². The molecule has 1 unspecified atom stereocenters. The Hall–Kier alpha value is -2.64. The summed E-state index contributed by atoms with van der Waals surface area (Å²) >= 11 is 0. The zero-order valence-electron chi connectivity index (χ0n) is 14.9. The van der Waals surface area contributed by atoms with E-state index in [1.165, 1.54) is 4.57 Å². The van der Waals surface area contributed by atoms with Crippen LogP contribution in [0.5, 0.6) is 0 Å². The summed E-state index contributed by atoms with van der Waals surface area (Å²) in [5.74, 6) is 0.338. The molecule has 2 aromatic heterocycles. The molecule has 1 amide bonds. The number of piperidine rings is 1. The van der Waals surface area contributed by atoms with Gasteiger partial charge in [0.25, 0.3) is 11.5 Å². The van der Waals surface area contributed by atoms with Crippen molar-refractivity contribution in [2.75, 3.05) is 18.0 Å². The Morgan fingerprint density at radius 3 is 2.96 bits per heavy atom. The molecule has 25 heavy (non-hydrogen) atoms. The summed E-state index contributed by atoms with van der Waals surface area (Å²) in [6, 6.07) is -0.0159. The van der Waals surface area contributed by atoms with Crippen molar-refractivity contribution in [2.45, 2.75) is 32.2 Å². The van der Waals surface area contributed by atoms with Gasteiger partial charge in [-0.3, -0.25) is 14.3 Å². The Bertz CT molecular complexity index is 825. The maximum Gasteiger partial charge on any atom is 0.293 e. The third kappa shape index (κ3) is 3.57. The van der Waals surface area contributed by atoms with Crippen molar-refractivity contribution in [2.24, 2.45) is 14.1 Å². The highest BCUT2D eigenvalue weighted by Crippen LogP contribution is 2.16. The van der Waals surface area contributed by atoms with Gasteiger partial charge in [-0.2, -0.15) is 5.10 Å². The van der Waals surface area contributed by atoms with Gasteiger partial charge in [0, 0.05) is 51.8 Å². The Balaban J connectivity index is 1.72. The van der Waals surface area contributed by atoms with Crippen LogP contribution in [0.1, 0.15) is 35.8 Å². The van der Waals surface area contributed by atoms with E-state index in [-0.39, 0.29) is 17.5 Å². The quantitative estimate of drug-likeness (QED) is 0.872. The summed E-state index contributed by atoms with van der Waals surface area (Å²) in [4.78, 5) is 31.1. The predicted octanol–water partition coefficient (Wildman–Crippen LogP) is 0.475. The minimum Gasteiger partial charge on any atom is -0.350 e. The van der Waals surface area contributed by atoms with Gasteiger partial charge in [0.05, 0.1) is 11.3 Å². The fourth-order valence-corrected chi connectivity index (χ4v) is 3.24. The molecule has 1 N–H and O–H groups in total. The molecule has 0 aromatic carbocycles. The summed E-state index contributed by atoms with van der Waals surface area (Å²) in [6.45, 7) is 3.34. The molecule has 3 heterocycles. The lowest BCUT2D eigenvalue weighted by Crippen LogP contribution is -2.49. The Morgan fingerprint density at radius 1 is 1.40 bits per heavy atom. The van der Waals surface area contributed by atoms with Crippen LogP contribution in [-0.4, -0.2) is 44.4 Å². The molecular weight excluding hydrogens is 320 g/mol. The minimum absolute atomic E-state index is 0.0159. The summed E-state index contributed by atoms with van der Waals surface area (Å²) in [5, 5.41) is 7.40. The number of rotatable bonds is 4. The number of hydrogen-bond acceptors (Lipinski definition) is 5. The van der Waals surface area contributed by atoms with Crippen molar-refractivity contribution in [1.82, 2.24) is 24.6 Å². The molecule has 1 aliphatic rings. The van der Waals surface area contributed by atoms with Crippen LogP contribution in [0.4, 0.5) is 5.82 Å². The molecule has 1 aliphatic heterocycles. The fraction of sp³-hybridized carbons (Fsp3) is 0.529. The number of aromatic nitrogens is 4. The van der Waals surface area contributed by atoms with E-state index in [0.29, 0.717) is 24.3 Å². The number of carbonyl (C=O) groups is 1. The van der Waals surface area contributed by atoms with Crippen LogP contribution in [0, 0.1) is 0 Å². The highest BCUT2D eigenvalue weighted by Gasteiger charge is 2.25. The molecule has 0 aliphatic carbocycles. The first kappa shape index (κ1) is 17.2. The first-order valence-electron chi connectivity index (χ1n) is 8.59. The van der Waals surface area contributed by atoms with E-state index < -0.39 is 0 Å². The molecule has 0 spiro atoms. The number of carbonyl (C=O) groups excluding carboxylic acids is 1. The Labute approximate surface area is 146 Å². The summed E-state index contributed by atoms with van der Waals surface area (Å²) in [6.07, 6.45) is 7.52. The maximum absolute atomic E-state index is 12.6. The SMILES string of the molecule is CCc1nn(C)cc1C(=O)NC1CCCN(c2nccn(C)c2=O)C1. The Kier molecular flexibility index (Phi) is 4.87. The van der Waals surface area contributed by atoms with E-state index in [0.717, 1.165) is 25.1 Å². The predicted molar refractivity (Wildman–Crippen MR) is 94.8 cm³/mol. The number of hydrogen-bond donors (Lipinski definition) is 1. The highest BCUT2D eigenvalue weighted by molar-refractivity contribution is 5.95. The monoisotopic (exact) mass is 344 g/mol. The van der Waals surface area contributed by atoms with Crippen LogP contribution < -0.4 is 15.8 Å². The van der Waals surface area contributed by atoms with Gasteiger partial charge in [0.15, 0.2) is 5.82 Å². The molecule has 0 radical (unpaired) electrons. The third-order valence-corrected chi connectivity index (χ3v) is 4.54. The van der Waals surface area contributed by atoms with Crippen molar-refractivity contribution in [3.05, 3.63) is 40.2 Å². The van der Waals surface area contributed by atoms with Gasteiger partial charge in [-0.05, 0) is 19.3 Å². The lowest BCUT2D eigenvalue weighted by molar-refractivity contribution is 0.0932. The van der Waals surface area contributed by atoms with Crippen molar-refractivity contribution in [1.29, 1.82) is 0 Å². The van der Waals surface area contributed by atoms with Gasteiger partial charge in [0.1, 0.15) is 0 Å². The van der Waals surface area contributed by atoms with Gasteiger partial charge >= 0.3 is 0 Å². The summed E-state index contributed by atoms with van der Waals surface area (Å²) in [5.41, 5.74) is 1.30. The maximum atomic E-state index is 12.6. The second kappa shape index (κ2) is 7.08. The van der Waals surface area contributed by atoms with E-state index in [1.54, 1.807) is 30.3 Å².